The van der Waals surface area contributed by atoms with Crippen LogP contribution >= 0.6 is 22.9 Å². The second-order valence-corrected chi connectivity index (χ2v) is 10.6. The second-order valence-electron chi connectivity index (χ2n) is 9.14. The van der Waals surface area contributed by atoms with Gasteiger partial charge in [0.25, 0.3) is 0 Å². The number of amides is 2. The van der Waals surface area contributed by atoms with Crippen molar-refractivity contribution in [3.63, 3.8) is 0 Å². The predicted molar refractivity (Wildman–Crippen MR) is 124 cm³/mol. The van der Waals surface area contributed by atoms with E-state index in [2.05, 4.69) is 32.2 Å². The van der Waals surface area contributed by atoms with Crippen LogP contribution in [-0.4, -0.2) is 41.2 Å². The van der Waals surface area contributed by atoms with E-state index in [1.807, 2.05) is 36.1 Å². The second kappa shape index (κ2) is 9.52. The molecule has 2 amide bonds. The van der Waals surface area contributed by atoms with Crippen LogP contribution in [0.5, 0.6) is 0 Å². The van der Waals surface area contributed by atoms with Crippen molar-refractivity contribution in [2.24, 2.45) is 5.41 Å². The molecule has 0 N–H and O–H groups in total. The van der Waals surface area contributed by atoms with Gasteiger partial charge in [0.05, 0.1) is 12.6 Å². The predicted octanol–water partition coefficient (Wildman–Crippen LogP) is 5.55. The average molecular weight is 447 g/mol. The van der Waals surface area contributed by atoms with E-state index < -0.39 is 0 Å². The molecule has 0 aliphatic carbocycles. The molecule has 0 saturated carbocycles. The highest BCUT2D eigenvalue weighted by molar-refractivity contribution is 7.10. The van der Waals surface area contributed by atoms with Gasteiger partial charge >= 0.3 is 0 Å². The Labute approximate surface area is 188 Å². The van der Waals surface area contributed by atoms with Crippen molar-refractivity contribution in [2.75, 3.05) is 19.6 Å². The van der Waals surface area contributed by atoms with E-state index >= 15 is 0 Å². The zero-order valence-electron chi connectivity index (χ0n) is 18.3. The summed E-state index contributed by atoms with van der Waals surface area (Å²) in [5.41, 5.74) is 2.13. The summed E-state index contributed by atoms with van der Waals surface area (Å²) in [7, 11) is 0. The van der Waals surface area contributed by atoms with E-state index in [9.17, 15) is 9.59 Å². The molecular formula is C24H31ClN2O2S. The molecule has 162 valence electrons. The van der Waals surface area contributed by atoms with Crippen molar-refractivity contribution in [1.82, 2.24) is 9.80 Å². The highest BCUT2D eigenvalue weighted by Gasteiger charge is 2.34. The lowest BCUT2D eigenvalue weighted by Gasteiger charge is -2.38. The van der Waals surface area contributed by atoms with E-state index in [1.165, 1.54) is 10.4 Å². The average Bonchev–Trinajstić information content (AvgIpc) is 3.15. The Morgan fingerprint density at radius 2 is 1.90 bits per heavy atom. The smallest absolute Gasteiger partial charge is 0.242 e. The van der Waals surface area contributed by atoms with Crippen LogP contribution in [0.1, 0.15) is 62.6 Å². The Morgan fingerprint density at radius 1 is 1.20 bits per heavy atom. The van der Waals surface area contributed by atoms with Gasteiger partial charge in [-0.05, 0) is 53.0 Å². The van der Waals surface area contributed by atoms with Gasteiger partial charge in [-0.3, -0.25) is 9.59 Å². The number of benzene rings is 1. The van der Waals surface area contributed by atoms with Crippen LogP contribution in [0.25, 0.3) is 0 Å². The quantitative estimate of drug-likeness (QED) is 0.583. The van der Waals surface area contributed by atoms with E-state index in [1.54, 1.807) is 16.2 Å². The fourth-order valence-corrected chi connectivity index (χ4v) is 5.00. The van der Waals surface area contributed by atoms with E-state index in [-0.39, 0.29) is 29.8 Å². The molecule has 1 aromatic heterocycles. The Balaban J connectivity index is 1.85. The number of carbonyl (C=O) groups is 2. The lowest BCUT2D eigenvalue weighted by molar-refractivity contribution is -0.142. The molecule has 3 rings (SSSR count). The molecule has 4 nitrogen and oxygen atoms in total. The molecule has 6 heteroatoms. The maximum absolute atomic E-state index is 13.4. The SMILES string of the molecule is CCCN(CC(=O)N1CCc2sccc2C1c1ccc(Cl)cc1)C(=O)CC(C)(C)C. The highest BCUT2D eigenvalue weighted by atomic mass is 35.5. The minimum absolute atomic E-state index is 0.00232. The van der Waals surface area contributed by atoms with Crippen LogP contribution in [0.3, 0.4) is 0 Å². The minimum Gasteiger partial charge on any atom is -0.333 e. The fraction of sp³-hybridized carbons (Fsp3) is 0.500. The number of hydrogen-bond acceptors (Lipinski definition) is 3. The summed E-state index contributed by atoms with van der Waals surface area (Å²) in [5.74, 6) is 0.0523. The molecule has 0 radical (unpaired) electrons. The Hall–Kier alpha value is -1.85. The lowest BCUT2D eigenvalue weighted by atomic mass is 9.91. The highest BCUT2D eigenvalue weighted by Crippen LogP contribution is 2.38. The van der Waals surface area contributed by atoms with Gasteiger partial charge in [-0.2, -0.15) is 0 Å². The van der Waals surface area contributed by atoms with Gasteiger partial charge in [-0.25, -0.2) is 0 Å². The Morgan fingerprint density at radius 3 is 2.53 bits per heavy atom. The van der Waals surface area contributed by atoms with Gasteiger partial charge in [0.15, 0.2) is 0 Å². The number of thiophene rings is 1. The van der Waals surface area contributed by atoms with Crippen molar-refractivity contribution in [1.29, 1.82) is 0 Å². The maximum Gasteiger partial charge on any atom is 0.242 e. The van der Waals surface area contributed by atoms with Crippen LogP contribution in [0.2, 0.25) is 5.02 Å². The molecule has 2 aromatic rings. The Bertz CT molecular complexity index is 885. The summed E-state index contributed by atoms with van der Waals surface area (Å²) in [5, 5.41) is 2.78. The van der Waals surface area contributed by atoms with Crippen LogP contribution in [0, 0.1) is 5.41 Å². The van der Waals surface area contributed by atoms with Crippen molar-refractivity contribution < 1.29 is 9.59 Å². The van der Waals surface area contributed by atoms with Crippen LogP contribution in [-0.2, 0) is 16.0 Å². The van der Waals surface area contributed by atoms with Gasteiger partial charge in [0, 0.05) is 29.4 Å². The number of rotatable bonds is 6. The summed E-state index contributed by atoms with van der Waals surface area (Å²) in [6.07, 6.45) is 2.13. The largest absolute Gasteiger partial charge is 0.333 e. The summed E-state index contributed by atoms with van der Waals surface area (Å²) < 4.78 is 0. The lowest BCUT2D eigenvalue weighted by Crippen LogP contribution is -2.47. The van der Waals surface area contributed by atoms with Crippen molar-refractivity contribution in [3.8, 4) is 0 Å². The van der Waals surface area contributed by atoms with E-state index in [0.29, 0.717) is 24.5 Å². The zero-order chi connectivity index (χ0) is 21.9. The molecule has 1 unspecified atom stereocenters. The summed E-state index contributed by atoms with van der Waals surface area (Å²) in [6.45, 7) is 9.59. The minimum atomic E-state index is -0.133. The number of halogens is 1. The summed E-state index contributed by atoms with van der Waals surface area (Å²) >= 11 is 7.84. The van der Waals surface area contributed by atoms with Gasteiger partial charge in [0.2, 0.25) is 11.8 Å². The third kappa shape index (κ3) is 5.44. The van der Waals surface area contributed by atoms with Gasteiger partial charge < -0.3 is 9.80 Å². The number of fused-ring (bicyclic) bond motifs is 1. The number of carbonyl (C=O) groups excluding carboxylic acids is 2. The van der Waals surface area contributed by atoms with Crippen LogP contribution in [0.15, 0.2) is 35.7 Å². The third-order valence-corrected chi connectivity index (χ3v) is 6.57. The van der Waals surface area contributed by atoms with E-state index in [4.69, 9.17) is 11.6 Å². The molecule has 0 bridgehead atoms. The molecule has 1 aliphatic heterocycles. The molecular weight excluding hydrogens is 416 g/mol. The van der Waals surface area contributed by atoms with Crippen molar-refractivity contribution in [3.05, 3.63) is 56.7 Å². The molecule has 1 atom stereocenters. The first kappa shape index (κ1) is 22.8. The maximum atomic E-state index is 13.4. The van der Waals surface area contributed by atoms with Crippen LogP contribution < -0.4 is 0 Å². The molecule has 1 aromatic carbocycles. The molecule has 2 heterocycles. The van der Waals surface area contributed by atoms with Crippen LogP contribution in [0.4, 0.5) is 0 Å². The summed E-state index contributed by atoms with van der Waals surface area (Å²) in [4.78, 5) is 31.3. The number of hydrogen-bond donors (Lipinski definition) is 0. The van der Waals surface area contributed by atoms with Gasteiger partial charge in [0.1, 0.15) is 0 Å². The first-order chi connectivity index (χ1) is 14.2. The fourth-order valence-electron chi connectivity index (χ4n) is 3.97. The first-order valence-electron chi connectivity index (χ1n) is 10.6. The van der Waals surface area contributed by atoms with Crippen molar-refractivity contribution in [2.45, 2.75) is 53.0 Å². The molecule has 0 spiro atoms. The summed E-state index contributed by atoms with van der Waals surface area (Å²) in [6, 6.07) is 9.72. The molecule has 30 heavy (non-hydrogen) atoms. The molecule has 0 saturated heterocycles. The van der Waals surface area contributed by atoms with Gasteiger partial charge in [-0.15, -0.1) is 11.3 Å². The normalized spacial score (nSPS) is 16.3. The van der Waals surface area contributed by atoms with Crippen molar-refractivity contribution >= 4 is 34.8 Å². The number of nitrogens with zero attached hydrogens (tertiary/aromatic N) is 2. The van der Waals surface area contributed by atoms with E-state index in [0.717, 1.165) is 18.4 Å². The topological polar surface area (TPSA) is 40.6 Å². The monoisotopic (exact) mass is 446 g/mol. The zero-order valence-corrected chi connectivity index (χ0v) is 19.9. The standard InChI is InChI=1S/C24H31ClN2O2S/c1-5-12-26(21(28)15-24(2,3)4)16-22(29)27-13-10-20-19(11-14-30-20)23(27)17-6-8-18(25)9-7-17/h6-9,11,14,23H,5,10,12-13,15-16H2,1-4H3. The molecule has 1 aliphatic rings. The third-order valence-electron chi connectivity index (χ3n) is 5.33. The van der Waals surface area contributed by atoms with Gasteiger partial charge in [-0.1, -0.05) is 51.4 Å². The molecule has 0 fully saturated rings. The Kier molecular flexibility index (Phi) is 7.25. The first-order valence-corrected chi connectivity index (χ1v) is 11.8.